The van der Waals surface area contributed by atoms with Gasteiger partial charge >= 0.3 is 0 Å². The van der Waals surface area contributed by atoms with Crippen LogP contribution < -0.4 is 5.73 Å². The highest BCUT2D eigenvalue weighted by atomic mass is 14.9. The Hall–Kier alpha value is -1.44. The summed E-state index contributed by atoms with van der Waals surface area (Å²) in [5.74, 6) is 0. The van der Waals surface area contributed by atoms with Crippen molar-refractivity contribution >= 4 is 16.6 Å². The van der Waals surface area contributed by atoms with E-state index in [2.05, 4.69) is 43.5 Å². The first-order valence-corrected chi connectivity index (χ1v) is 5.24. The number of nitrogens with two attached hydrogens (primary N) is 1. The molecule has 0 spiro atoms. The van der Waals surface area contributed by atoms with Gasteiger partial charge in [0.05, 0.1) is 5.69 Å². The summed E-state index contributed by atoms with van der Waals surface area (Å²) >= 11 is 0. The maximum absolute atomic E-state index is 5.97. The third-order valence-electron chi connectivity index (χ3n) is 2.89. The number of fused-ring (bicyclic) bond motifs is 1. The van der Waals surface area contributed by atoms with Gasteiger partial charge in [0.15, 0.2) is 0 Å². The summed E-state index contributed by atoms with van der Waals surface area (Å²) in [6, 6.07) is 6.53. The highest BCUT2D eigenvalue weighted by molar-refractivity contribution is 5.92. The minimum atomic E-state index is 0.177. The van der Waals surface area contributed by atoms with Crippen LogP contribution in [0.3, 0.4) is 0 Å². The molecule has 2 nitrogen and oxygen atoms in total. The monoisotopic (exact) mass is 202 g/mol. The van der Waals surface area contributed by atoms with E-state index in [9.17, 15) is 0 Å². The molecule has 0 saturated heterocycles. The maximum Gasteiger partial charge on any atom is 0.0573 e. The van der Waals surface area contributed by atoms with Crippen molar-refractivity contribution in [2.75, 3.05) is 5.73 Å². The summed E-state index contributed by atoms with van der Waals surface area (Å²) in [4.78, 5) is 0. The SMILES string of the molecule is Cn1cc(N)c2cc(C(C)(C)C)ccc21. The number of benzene rings is 1. The van der Waals surface area contributed by atoms with Crippen molar-refractivity contribution in [1.29, 1.82) is 0 Å². The molecule has 0 radical (unpaired) electrons. The number of aromatic nitrogens is 1. The Morgan fingerprint density at radius 2 is 1.87 bits per heavy atom. The number of aryl methyl sites for hydroxylation is 1. The van der Waals surface area contributed by atoms with Crippen LogP contribution in [0.25, 0.3) is 10.9 Å². The number of anilines is 1. The molecule has 0 bridgehead atoms. The first kappa shape index (κ1) is 10.1. The van der Waals surface area contributed by atoms with Crippen LogP contribution in [0.15, 0.2) is 24.4 Å². The molecule has 2 aromatic rings. The van der Waals surface area contributed by atoms with Gasteiger partial charge in [-0.2, -0.15) is 0 Å². The number of hydrogen-bond donors (Lipinski definition) is 1. The quantitative estimate of drug-likeness (QED) is 0.699. The third-order valence-corrected chi connectivity index (χ3v) is 2.89. The van der Waals surface area contributed by atoms with E-state index in [4.69, 9.17) is 5.73 Å². The number of nitrogens with zero attached hydrogens (tertiary/aromatic N) is 1. The smallest absolute Gasteiger partial charge is 0.0573 e. The minimum Gasteiger partial charge on any atom is -0.397 e. The van der Waals surface area contributed by atoms with Crippen LogP contribution in [-0.2, 0) is 12.5 Å². The van der Waals surface area contributed by atoms with E-state index >= 15 is 0 Å². The first-order chi connectivity index (χ1) is 6.89. The second-order valence-electron chi connectivity index (χ2n) is 5.18. The lowest BCUT2D eigenvalue weighted by molar-refractivity contribution is 0.591. The molecule has 2 N–H and O–H groups in total. The van der Waals surface area contributed by atoms with Crippen LogP contribution in [0.4, 0.5) is 5.69 Å². The molecule has 0 unspecified atom stereocenters. The normalized spacial score (nSPS) is 12.3. The molecule has 1 heterocycles. The molecule has 0 aliphatic carbocycles. The Morgan fingerprint density at radius 1 is 1.20 bits per heavy atom. The van der Waals surface area contributed by atoms with E-state index in [1.54, 1.807) is 0 Å². The molecule has 15 heavy (non-hydrogen) atoms. The zero-order valence-corrected chi connectivity index (χ0v) is 9.83. The summed E-state index contributed by atoms with van der Waals surface area (Å²) in [6.07, 6.45) is 1.97. The summed E-state index contributed by atoms with van der Waals surface area (Å²) in [5, 5.41) is 1.16. The van der Waals surface area contributed by atoms with Gasteiger partial charge < -0.3 is 10.3 Å². The lowest BCUT2D eigenvalue weighted by Gasteiger charge is -2.19. The zero-order chi connectivity index (χ0) is 11.2. The Labute approximate surface area is 90.7 Å². The molecule has 0 fully saturated rings. The van der Waals surface area contributed by atoms with Gasteiger partial charge in [-0.3, -0.25) is 0 Å². The molecule has 0 saturated carbocycles. The van der Waals surface area contributed by atoms with Crippen LogP contribution in [-0.4, -0.2) is 4.57 Å². The van der Waals surface area contributed by atoms with Crippen molar-refractivity contribution < 1.29 is 0 Å². The highest BCUT2D eigenvalue weighted by Gasteiger charge is 2.15. The van der Waals surface area contributed by atoms with Crippen molar-refractivity contribution in [1.82, 2.24) is 4.57 Å². The molecule has 2 heteroatoms. The van der Waals surface area contributed by atoms with Gasteiger partial charge in [-0.1, -0.05) is 26.8 Å². The van der Waals surface area contributed by atoms with Gasteiger partial charge in [0, 0.05) is 24.1 Å². The predicted molar refractivity (Wildman–Crippen MR) is 66.0 cm³/mol. The van der Waals surface area contributed by atoms with E-state index in [0.29, 0.717) is 0 Å². The van der Waals surface area contributed by atoms with Gasteiger partial charge in [0.25, 0.3) is 0 Å². The Balaban J connectivity index is 2.71. The molecule has 1 aromatic carbocycles. The molecular formula is C13H18N2. The largest absolute Gasteiger partial charge is 0.397 e. The summed E-state index contributed by atoms with van der Waals surface area (Å²) < 4.78 is 2.07. The van der Waals surface area contributed by atoms with Gasteiger partial charge in [-0.25, -0.2) is 0 Å². The fourth-order valence-electron chi connectivity index (χ4n) is 1.89. The standard InChI is InChI=1S/C13H18N2/c1-13(2,3)9-5-6-12-10(7-9)11(14)8-15(12)4/h5-8H,14H2,1-4H3. The molecule has 0 aliphatic rings. The Bertz CT molecular complexity index is 501. The second kappa shape index (κ2) is 3.02. The fourth-order valence-corrected chi connectivity index (χ4v) is 1.89. The average molecular weight is 202 g/mol. The number of rotatable bonds is 0. The molecule has 80 valence electrons. The first-order valence-electron chi connectivity index (χ1n) is 5.24. The topological polar surface area (TPSA) is 30.9 Å². The van der Waals surface area contributed by atoms with E-state index < -0.39 is 0 Å². The number of nitrogen functional groups attached to an aromatic ring is 1. The van der Waals surface area contributed by atoms with Crippen molar-refractivity contribution in [3.63, 3.8) is 0 Å². The van der Waals surface area contributed by atoms with E-state index in [0.717, 1.165) is 11.1 Å². The zero-order valence-electron chi connectivity index (χ0n) is 9.83. The van der Waals surface area contributed by atoms with E-state index in [-0.39, 0.29) is 5.41 Å². The lowest BCUT2D eigenvalue weighted by Crippen LogP contribution is -2.10. The molecule has 0 amide bonds. The molecule has 2 rings (SSSR count). The molecular weight excluding hydrogens is 184 g/mol. The Kier molecular flexibility index (Phi) is 2.03. The molecule has 1 aromatic heterocycles. The van der Waals surface area contributed by atoms with Crippen molar-refractivity contribution in [2.24, 2.45) is 7.05 Å². The second-order valence-corrected chi connectivity index (χ2v) is 5.18. The molecule has 0 atom stereocenters. The maximum atomic E-state index is 5.97. The van der Waals surface area contributed by atoms with Gasteiger partial charge in [0.2, 0.25) is 0 Å². The van der Waals surface area contributed by atoms with Gasteiger partial charge in [0.1, 0.15) is 0 Å². The van der Waals surface area contributed by atoms with E-state index in [1.165, 1.54) is 11.1 Å². The minimum absolute atomic E-state index is 0.177. The van der Waals surface area contributed by atoms with Crippen LogP contribution in [0.1, 0.15) is 26.3 Å². The van der Waals surface area contributed by atoms with E-state index in [1.807, 2.05) is 13.2 Å². The summed E-state index contributed by atoms with van der Waals surface area (Å²) in [5.41, 5.74) is 9.53. The number of hydrogen-bond acceptors (Lipinski definition) is 1. The molecule has 0 aliphatic heterocycles. The van der Waals surface area contributed by atoms with Crippen LogP contribution >= 0.6 is 0 Å². The summed E-state index contributed by atoms with van der Waals surface area (Å²) in [7, 11) is 2.02. The van der Waals surface area contributed by atoms with Crippen molar-refractivity contribution in [3.8, 4) is 0 Å². The lowest BCUT2D eigenvalue weighted by atomic mass is 9.86. The Morgan fingerprint density at radius 3 is 2.47 bits per heavy atom. The average Bonchev–Trinajstić information content (AvgIpc) is 2.41. The fraction of sp³-hybridized carbons (Fsp3) is 0.385. The van der Waals surface area contributed by atoms with Crippen LogP contribution in [0.2, 0.25) is 0 Å². The van der Waals surface area contributed by atoms with Gasteiger partial charge in [-0.05, 0) is 23.1 Å². The van der Waals surface area contributed by atoms with Gasteiger partial charge in [-0.15, -0.1) is 0 Å². The summed E-state index contributed by atoms with van der Waals surface area (Å²) in [6.45, 7) is 6.65. The predicted octanol–water partition coefficient (Wildman–Crippen LogP) is 3.06. The van der Waals surface area contributed by atoms with Crippen molar-refractivity contribution in [2.45, 2.75) is 26.2 Å². The van der Waals surface area contributed by atoms with Crippen molar-refractivity contribution in [3.05, 3.63) is 30.0 Å². The highest BCUT2D eigenvalue weighted by Crippen LogP contribution is 2.29. The third kappa shape index (κ3) is 1.60. The van der Waals surface area contributed by atoms with Crippen LogP contribution in [0, 0.1) is 0 Å². The van der Waals surface area contributed by atoms with Crippen LogP contribution in [0.5, 0.6) is 0 Å².